The van der Waals surface area contributed by atoms with Crippen LogP contribution in [0.1, 0.15) is 149 Å². The maximum Gasteiger partial charge on any atom is 0.306 e. The summed E-state index contributed by atoms with van der Waals surface area (Å²) in [5.41, 5.74) is 0. The maximum atomic E-state index is 12.6. The standard InChI is InChI=1S/C44H78NO9P/c1-6-8-10-12-14-15-16-17-18-19-24-28-32-36-44(48)54-42(40-53-55(49,50)52-38-37-45(3,4)5)39-51-43(47)35-31-27-23-21-20-22-26-30-34-41(46)33-29-25-13-11-9-7-2/h15-16,21-23,25-26,29-30,34,41-42,46H,6-14,17-20,24,27-28,31-33,35-40H2,1-5H3/b16-15-,23-21-,26-22-,29-25-,34-30+/t41-,42-/m1/s1. The first-order valence-electron chi connectivity index (χ1n) is 21.1. The first-order valence-corrected chi connectivity index (χ1v) is 22.6. The van der Waals surface area contributed by atoms with Crippen molar-refractivity contribution in [1.82, 2.24) is 0 Å². The van der Waals surface area contributed by atoms with Gasteiger partial charge >= 0.3 is 11.9 Å². The Morgan fingerprint density at radius 3 is 1.93 bits per heavy atom. The largest absolute Gasteiger partial charge is 0.756 e. The van der Waals surface area contributed by atoms with Gasteiger partial charge in [0.2, 0.25) is 0 Å². The SMILES string of the molecule is CCCCC/C=C\C[C@@H](O)/C=C/C=C\C/C=C\CCCC(=O)OC[C@H](COP(=O)([O-])OCC[N+](C)(C)C)OC(=O)CCCCCCC/C=C\CCCCCC. The van der Waals surface area contributed by atoms with Gasteiger partial charge < -0.3 is 33.0 Å². The molecule has 0 saturated heterocycles. The van der Waals surface area contributed by atoms with Gasteiger partial charge in [0, 0.05) is 12.8 Å². The summed E-state index contributed by atoms with van der Waals surface area (Å²) in [5.74, 6) is -0.955. The molecule has 0 aromatic carbocycles. The summed E-state index contributed by atoms with van der Waals surface area (Å²) < 4.78 is 33.7. The number of unbranched alkanes of at least 4 members (excludes halogenated alkanes) is 13. The zero-order valence-corrected chi connectivity index (χ0v) is 36.1. The Bertz CT molecular complexity index is 1140. The van der Waals surface area contributed by atoms with Crippen molar-refractivity contribution >= 4 is 19.8 Å². The average molecular weight is 796 g/mol. The van der Waals surface area contributed by atoms with Gasteiger partial charge in [-0.25, -0.2) is 0 Å². The molecule has 318 valence electrons. The molecule has 0 heterocycles. The number of aliphatic hydroxyl groups is 1. The first kappa shape index (κ1) is 52.7. The first-order chi connectivity index (χ1) is 26.4. The Morgan fingerprint density at radius 2 is 1.24 bits per heavy atom. The molecule has 11 heteroatoms. The summed E-state index contributed by atoms with van der Waals surface area (Å²) >= 11 is 0. The van der Waals surface area contributed by atoms with E-state index in [1.54, 1.807) is 6.08 Å². The normalized spacial score (nSPS) is 14.8. The number of hydrogen-bond acceptors (Lipinski definition) is 9. The molecule has 0 aliphatic carbocycles. The van der Waals surface area contributed by atoms with Crippen LogP contribution in [0.5, 0.6) is 0 Å². The topological polar surface area (TPSA) is 131 Å². The van der Waals surface area contributed by atoms with Crippen LogP contribution in [0.4, 0.5) is 0 Å². The van der Waals surface area contributed by atoms with E-state index in [0.717, 1.165) is 51.4 Å². The van der Waals surface area contributed by atoms with E-state index in [0.29, 0.717) is 36.7 Å². The molecule has 0 radical (unpaired) electrons. The van der Waals surface area contributed by atoms with Crippen LogP contribution in [0.3, 0.4) is 0 Å². The number of carbonyl (C=O) groups excluding carboxylic acids is 2. The van der Waals surface area contributed by atoms with Crippen molar-refractivity contribution in [3.63, 3.8) is 0 Å². The number of rotatable bonds is 37. The van der Waals surface area contributed by atoms with E-state index in [9.17, 15) is 24.2 Å². The summed E-state index contributed by atoms with van der Waals surface area (Å²) in [4.78, 5) is 37.4. The third kappa shape index (κ3) is 39.7. The minimum Gasteiger partial charge on any atom is -0.756 e. The van der Waals surface area contributed by atoms with Gasteiger partial charge in [-0.1, -0.05) is 126 Å². The van der Waals surface area contributed by atoms with Gasteiger partial charge in [0.1, 0.15) is 19.8 Å². The van der Waals surface area contributed by atoms with Gasteiger partial charge in [-0.15, -0.1) is 0 Å². The van der Waals surface area contributed by atoms with Crippen molar-refractivity contribution in [2.24, 2.45) is 0 Å². The summed E-state index contributed by atoms with van der Waals surface area (Å²) in [6, 6.07) is 0. The van der Waals surface area contributed by atoms with Gasteiger partial charge in [0.05, 0.1) is 33.9 Å². The second-order valence-corrected chi connectivity index (χ2v) is 16.6. The van der Waals surface area contributed by atoms with Crippen LogP contribution < -0.4 is 4.89 Å². The van der Waals surface area contributed by atoms with Crippen LogP contribution in [0.25, 0.3) is 0 Å². The van der Waals surface area contributed by atoms with Gasteiger partial charge in [-0.2, -0.15) is 0 Å². The molecular formula is C44H78NO9P. The van der Waals surface area contributed by atoms with E-state index >= 15 is 0 Å². The van der Waals surface area contributed by atoms with Crippen LogP contribution in [0.2, 0.25) is 0 Å². The number of phosphoric ester groups is 1. The molecule has 0 bridgehead atoms. The lowest BCUT2D eigenvalue weighted by atomic mass is 10.1. The van der Waals surface area contributed by atoms with Crippen LogP contribution in [-0.2, 0) is 32.7 Å². The molecule has 0 aliphatic heterocycles. The summed E-state index contributed by atoms with van der Waals surface area (Å²) in [5, 5.41) is 10.0. The van der Waals surface area contributed by atoms with E-state index in [2.05, 4.69) is 32.1 Å². The fourth-order valence-electron chi connectivity index (χ4n) is 5.19. The predicted octanol–water partition coefficient (Wildman–Crippen LogP) is 10.0. The number of quaternary nitrogens is 1. The van der Waals surface area contributed by atoms with Gasteiger partial charge in [-0.05, 0) is 70.6 Å². The summed E-state index contributed by atoms with van der Waals surface area (Å²) in [7, 11) is 1.09. The highest BCUT2D eigenvalue weighted by Gasteiger charge is 2.21. The molecular weight excluding hydrogens is 717 g/mol. The highest BCUT2D eigenvalue weighted by atomic mass is 31.2. The van der Waals surface area contributed by atoms with E-state index in [4.69, 9.17) is 18.5 Å². The van der Waals surface area contributed by atoms with Gasteiger partial charge in [-0.3, -0.25) is 14.2 Å². The minimum absolute atomic E-state index is 0.0532. The zero-order chi connectivity index (χ0) is 40.9. The molecule has 0 rings (SSSR count). The third-order valence-electron chi connectivity index (χ3n) is 8.59. The van der Waals surface area contributed by atoms with Crippen LogP contribution in [0.15, 0.2) is 60.8 Å². The average Bonchev–Trinajstić information content (AvgIpc) is 3.13. The maximum absolute atomic E-state index is 12.6. The fourth-order valence-corrected chi connectivity index (χ4v) is 5.92. The van der Waals surface area contributed by atoms with Crippen molar-refractivity contribution in [2.45, 2.75) is 161 Å². The summed E-state index contributed by atoms with van der Waals surface area (Å²) in [6.45, 7) is 3.99. The lowest BCUT2D eigenvalue weighted by molar-refractivity contribution is -0.870. The number of ether oxygens (including phenoxy) is 2. The molecule has 55 heavy (non-hydrogen) atoms. The van der Waals surface area contributed by atoms with Crippen molar-refractivity contribution in [3.05, 3.63) is 60.8 Å². The third-order valence-corrected chi connectivity index (χ3v) is 9.55. The zero-order valence-electron chi connectivity index (χ0n) is 35.2. The summed E-state index contributed by atoms with van der Waals surface area (Å²) in [6.07, 6.45) is 38.5. The monoisotopic (exact) mass is 796 g/mol. The Balaban J connectivity index is 4.56. The smallest absolute Gasteiger partial charge is 0.306 e. The van der Waals surface area contributed by atoms with E-state index in [-0.39, 0.29) is 26.1 Å². The number of aliphatic hydroxyl groups excluding tert-OH is 1. The molecule has 1 N–H and O–H groups in total. The van der Waals surface area contributed by atoms with Crippen molar-refractivity contribution < 1.29 is 47.2 Å². The van der Waals surface area contributed by atoms with Gasteiger partial charge in [0.25, 0.3) is 7.82 Å². The number of likely N-dealkylation sites (N-methyl/N-ethyl adjacent to an activating group) is 1. The van der Waals surface area contributed by atoms with Crippen molar-refractivity contribution in [2.75, 3.05) is 47.5 Å². The quantitative estimate of drug-likeness (QED) is 0.0163. The molecule has 3 atom stereocenters. The number of carbonyl (C=O) groups is 2. The van der Waals surface area contributed by atoms with Crippen LogP contribution in [0, 0.1) is 0 Å². The lowest BCUT2D eigenvalue weighted by Gasteiger charge is -2.28. The van der Waals surface area contributed by atoms with Crippen LogP contribution >= 0.6 is 7.82 Å². The van der Waals surface area contributed by atoms with Gasteiger partial charge in [0.15, 0.2) is 6.10 Å². The number of nitrogens with zero attached hydrogens (tertiary/aromatic N) is 1. The van der Waals surface area contributed by atoms with Crippen molar-refractivity contribution in [1.29, 1.82) is 0 Å². The molecule has 0 aromatic rings. The predicted molar refractivity (Wildman–Crippen MR) is 223 cm³/mol. The molecule has 0 fully saturated rings. The number of hydrogen-bond donors (Lipinski definition) is 1. The van der Waals surface area contributed by atoms with E-state index < -0.39 is 38.6 Å². The fraction of sp³-hybridized carbons (Fsp3) is 0.727. The van der Waals surface area contributed by atoms with E-state index in [1.807, 2.05) is 57.6 Å². The number of phosphoric acid groups is 1. The van der Waals surface area contributed by atoms with Crippen molar-refractivity contribution in [3.8, 4) is 0 Å². The Morgan fingerprint density at radius 1 is 0.673 bits per heavy atom. The molecule has 0 amide bonds. The molecule has 0 aromatic heterocycles. The lowest BCUT2D eigenvalue weighted by Crippen LogP contribution is -2.37. The molecule has 1 unspecified atom stereocenters. The second-order valence-electron chi connectivity index (χ2n) is 15.2. The number of esters is 2. The Labute approximate surface area is 335 Å². The molecule has 10 nitrogen and oxygen atoms in total. The van der Waals surface area contributed by atoms with E-state index in [1.165, 1.54) is 44.9 Å². The Hall–Kier alpha value is -2.33. The van der Waals surface area contributed by atoms with Crippen LogP contribution in [-0.4, -0.2) is 81.2 Å². The molecule has 0 spiro atoms. The second kappa shape index (κ2) is 36.0. The minimum atomic E-state index is -4.65. The highest BCUT2D eigenvalue weighted by molar-refractivity contribution is 7.45. The number of allylic oxidation sites excluding steroid dienone is 8. The molecule has 0 saturated carbocycles. The molecule has 0 aliphatic rings. The Kier molecular flexibility index (Phi) is 34.5. The highest BCUT2D eigenvalue weighted by Crippen LogP contribution is 2.38.